The standard InChI is InChI=1S/C49H33N3/c1-48(2)39-20-10-6-16-33(39)37-26-24-32(29-44(37)48)47-51-45(30-14-4-3-5-15-30)50-46(52-47)31-25-27-43-38(28-31)36-19-9-13-23-42(36)49(43)40-21-11-7-17-34(40)35-18-8-12-22-41(35)49/h3-29H,1-2H3. The van der Waals surface area contributed by atoms with Gasteiger partial charge >= 0.3 is 0 Å². The van der Waals surface area contributed by atoms with Crippen LogP contribution in [0.5, 0.6) is 0 Å². The molecular formula is C49H33N3. The molecule has 0 saturated carbocycles. The van der Waals surface area contributed by atoms with Gasteiger partial charge in [0.1, 0.15) is 0 Å². The lowest BCUT2D eigenvalue weighted by atomic mass is 9.70. The van der Waals surface area contributed by atoms with Gasteiger partial charge in [0.2, 0.25) is 0 Å². The number of benzene rings is 7. The number of fused-ring (bicyclic) bond motifs is 13. The lowest BCUT2D eigenvalue weighted by molar-refractivity contribution is 0.660. The predicted molar refractivity (Wildman–Crippen MR) is 210 cm³/mol. The lowest BCUT2D eigenvalue weighted by Gasteiger charge is -2.30. The van der Waals surface area contributed by atoms with Crippen molar-refractivity contribution in [3.05, 3.63) is 197 Å². The predicted octanol–water partition coefficient (Wildman–Crippen LogP) is 11.5. The van der Waals surface area contributed by atoms with Crippen molar-refractivity contribution in [1.29, 1.82) is 0 Å². The van der Waals surface area contributed by atoms with Gasteiger partial charge in [0.15, 0.2) is 17.5 Å². The second-order valence-corrected chi connectivity index (χ2v) is 14.8. The van der Waals surface area contributed by atoms with Gasteiger partial charge in [-0.2, -0.15) is 0 Å². The van der Waals surface area contributed by atoms with Gasteiger partial charge in [-0.15, -0.1) is 0 Å². The number of aromatic nitrogens is 3. The van der Waals surface area contributed by atoms with E-state index in [1.165, 1.54) is 66.8 Å². The summed E-state index contributed by atoms with van der Waals surface area (Å²) in [5.74, 6) is 2.01. The molecule has 3 heteroatoms. The highest BCUT2D eigenvalue weighted by Crippen LogP contribution is 2.63. The van der Waals surface area contributed by atoms with E-state index in [0.717, 1.165) is 16.7 Å². The van der Waals surface area contributed by atoms with Crippen LogP contribution < -0.4 is 0 Å². The van der Waals surface area contributed by atoms with E-state index >= 15 is 0 Å². The molecule has 8 aromatic rings. The first-order valence-corrected chi connectivity index (χ1v) is 18.0. The van der Waals surface area contributed by atoms with E-state index in [0.29, 0.717) is 17.5 Å². The molecule has 7 aromatic carbocycles. The second-order valence-electron chi connectivity index (χ2n) is 14.8. The van der Waals surface area contributed by atoms with Crippen LogP contribution in [0.4, 0.5) is 0 Å². The zero-order valence-corrected chi connectivity index (χ0v) is 28.9. The van der Waals surface area contributed by atoms with Crippen LogP contribution in [0.1, 0.15) is 47.2 Å². The molecule has 3 nitrogen and oxygen atoms in total. The fourth-order valence-electron chi connectivity index (χ4n) is 9.43. The molecule has 3 aliphatic carbocycles. The first-order valence-electron chi connectivity index (χ1n) is 18.0. The Hall–Kier alpha value is -6.45. The Kier molecular flexibility index (Phi) is 5.94. The summed E-state index contributed by atoms with van der Waals surface area (Å²) in [6, 6.07) is 59.3. The van der Waals surface area contributed by atoms with E-state index in [1.54, 1.807) is 0 Å². The zero-order chi connectivity index (χ0) is 34.6. The van der Waals surface area contributed by atoms with Crippen LogP contribution in [0.2, 0.25) is 0 Å². The molecular weight excluding hydrogens is 631 g/mol. The summed E-state index contributed by atoms with van der Waals surface area (Å²) >= 11 is 0. The SMILES string of the molecule is CC1(C)c2ccccc2-c2ccc(-c3nc(-c4ccccc4)nc(-c4ccc5c(c4)-c4ccccc4C54c5ccccc5-c5ccccc54)n3)cc21. The summed E-state index contributed by atoms with van der Waals surface area (Å²) in [7, 11) is 0. The van der Waals surface area contributed by atoms with Crippen LogP contribution in [0.15, 0.2) is 164 Å². The number of hydrogen-bond donors (Lipinski definition) is 0. The maximum Gasteiger partial charge on any atom is 0.164 e. The molecule has 0 bridgehead atoms. The molecule has 52 heavy (non-hydrogen) atoms. The maximum absolute atomic E-state index is 5.24. The van der Waals surface area contributed by atoms with E-state index in [2.05, 4.69) is 159 Å². The van der Waals surface area contributed by atoms with Gasteiger partial charge in [0.05, 0.1) is 5.41 Å². The molecule has 1 heterocycles. The summed E-state index contributed by atoms with van der Waals surface area (Å²) in [6.45, 7) is 4.62. The van der Waals surface area contributed by atoms with Crippen LogP contribution in [-0.2, 0) is 10.8 Å². The van der Waals surface area contributed by atoms with Gasteiger partial charge in [-0.1, -0.05) is 166 Å². The highest BCUT2D eigenvalue weighted by Gasteiger charge is 2.51. The lowest BCUT2D eigenvalue weighted by Crippen LogP contribution is -2.25. The Labute approximate surface area is 303 Å². The third-order valence-electron chi connectivity index (χ3n) is 11.8. The highest BCUT2D eigenvalue weighted by molar-refractivity contribution is 5.96. The van der Waals surface area contributed by atoms with E-state index in [1.807, 2.05) is 18.2 Å². The van der Waals surface area contributed by atoms with Crippen LogP contribution in [-0.4, -0.2) is 15.0 Å². The normalized spacial score (nSPS) is 14.7. The van der Waals surface area contributed by atoms with Crippen molar-refractivity contribution in [1.82, 2.24) is 15.0 Å². The molecule has 0 unspecified atom stereocenters. The van der Waals surface area contributed by atoms with E-state index in [4.69, 9.17) is 15.0 Å². The van der Waals surface area contributed by atoms with Gasteiger partial charge in [-0.05, 0) is 78.9 Å². The van der Waals surface area contributed by atoms with Gasteiger partial charge in [0, 0.05) is 22.1 Å². The van der Waals surface area contributed by atoms with Crippen molar-refractivity contribution < 1.29 is 0 Å². The summed E-state index contributed by atoms with van der Waals surface area (Å²) in [5, 5.41) is 0. The Morgan fingerprint density at radius 3 is 1.31 bits per heavy atom. The van der Waals surface area contributed by atoms with E-state index < -0.39 is 0 Å². The third-order valence-corrected chi connectivity index (χ3v) is 11.8. The van der Waals surface area contributed by atoms with E-state index in [-0.39, 0.29) is 10.8 Å². The molecule has 0 aliphatic heterocycles. The molecule has 0 radical (unpaired) electrons. The van der Waals surface area contributed by atoms with Crippen molar-refractivity contribution >= 4 is 0 Å². The smallest absolute Gasteiger partial charge is 0.164 e. The van der Waals surface area contributed by atoms with Crippen molar-refractivity contribution in [3.8, 4) is 67.5 Å². The van der Waals surface area contributed by atoms with Crippen LogP contribution in [0, 0.1) is 0 Å². The molecule has 3 aliphatic rings. The molecule has 11 rings (SSSR count). The summed E-state index contributed by atoms with van der Waals surface area (Å²) in [4.78, 5) is 15.5. The Bertz CT molecular complexity index is 2730. The zero-order valence-electron chi connectivity index (χ0n) is 28.9. The molecule has 0 atom stereocenters. The molecule has 244 valence electrons. The van der Waals surface area contributed by atoms with E-state index in [9.17, 15) is 0 Å². The number of nitrogens with zero attached hydrogens (tertiary/aromatic N) is 3. The van der Waals surface area contributed by atoms with Crippen molar-refractivity contribution in [2.45, 2.75) is 24.7 Å². The minimum atomic E-state index is -0.383. The second kappa shape index (κ2) is 10.5. The van der Waals surface area contributed by atoms with Gasteiger partial charge in [0.25, 0.3) is 0 Å². The number of hydrogen-bond acceptors (Lipinski definition) is 3. The topological polar surface area (TPSA) is 38.7 Å². The molecule has 1 aromatic heterocycles. The third kappa shape index (κ3) is 3.83. The molecule has 0 saturated heterocycles. The first-order chi connectivity index (χ1) is 25.5. The number of rotatable bonds is 3. The van der Waals surface area contributed by atoms with Crippen molar-refractivity contribution in [3.63, 3.8) is 0 Å². The minimum absolute atomic E-state index is 0.124. The highest BCUT2D eigenvalue weighted by atomic mass is 15.0. The molecule has 0 fully saturated rings. The van der Waals surface area contributed by atoms with Crippen LogP contribution in [0.3, 0.4) is 0 Å². The Morgan fingerprint density at radius 2 is 0.712 bits per heavy atom. The minimum Gasteiger partial charge on any atom is -0.208 e. The average Bonchev–Trinajstić information content (AvgIpc) is 3.76. The maximum atomic E-state index is 5.24. The molecule has 0 amide bonds. The van der Waals surface area contributed by atoms with Crippen molar-refractivity contribution in [2.24, 2.45) is 0 Å². The van der Waals surface area contributed by atoms with Crippen LogP contribution >= 0.6 is 0 Å². The summed E-state index contributed by atoms with van der Waals surface area (Å²) < 4.78 is 0. The quantitative estimate of drug-likeness (QED) is 0.189. The Balaban J connectivity index is 1.12. The first kappa shape index (κ1) is 29.3. The fourth-order valence-corrected chi connectivity index (χ4v) is 9.43. The largest absolute Gasteiger partial charge is 0.208 e. The monoisotopic (exact) mass is 663 g/mol. The fraction of sp³-hybridized carbons (Fsp3) is 0.0816. The van der Waals surface area contributed by atoms with Gasteiger partial charge < -0.3 is 0 Å². The van der Waals surface area contributed by atoms with Gasteiger partial charge in [-0.3, -0.25) is 0 Å². The van der Waals surface area contributed by atoms with Gasteiger partial charge in [-0.25, -0.2) is 15.0 Å². The van der Waals surface area contributed by atoms with Crippen molar-refractivity contribution in [2.75, 3.05) is 0 Å². The molecule has 1 spiro atoms. The molecule has 0 N–H and O–H groups in total. The van der Waals surface area contributed by atoms with Crippen LogP contribution in [0.25, 0.3) is 67.5 Å². The Morgan fingerprint density at radius 1 is 0.308 bits per heavy atom. The summed E-state index contributed by atoms with van der Waals surface area (Å²) in [6.07, 6.45) is 0. The summed E-state index contributed by atoms with van der Waals surface area (Å²) in [5.41, 5.74) is 18.0. The average molecular weight is 664 g/mol.